The molecule has 0 saturated carbocycles. The van der Waals surface area contributed by atoms with Gasteiger partial charge in [0.25, 0.3) is 0 Å². The van der Waals surface area contributed by atoms with E-state index in [-0.39, 0.29) is 11.5 Å². The molecule has 4 heteroatoms. The van der Waals surface area contributed by atoms with Gasteiger partial charge in [-0.2, -0.15) is 4.21 Å². The normalized spacial score (nSPS) is 6.60. The molecule has 3 nitrogen and oxygen atoms in total. The topological polar surface area (TPSA) is 38.7 Å². The second-order valence-corrected chi connectivity index (χ2v) is 0.630. The first-order valence-corrected chi connectivity index (χ1v) is 1.64. The largest absolute Gasteiger partial charge is 0.243 e. The van der Waals surface area contributed by atoms with Gasteiger partial charge in [0, 0.05) is 0 Å². The molecule has 0 rings (SSSR count). The van der Waals surface area contributed by atoms with E-state index >= 15 is 0 Å². The quantitative estimate of drug-likeness (QED) is 0.426. The monoisotopic (exact) mass is 93.0 g/mol. The van der Waals surface area contributed by atoms with E-state index in [1.54, 1.807) is 0 Å². The maximum Gasteiger partial charge on any atom is 0.229 e. The van der Waals surface area contributed by atoms with Crippen LogP contribution in [0.3, 0.4) is 0 Å². The molecule has 0 spiro atoms. The van der Waals surface area contributed by atoms with Crippen LogP contribution in [-0.2, 0) is 16.3 Å². The van der Waals surface area contributed by atoms with E-state index in [9.17, 15) is 0 Å². The average molecular weight is 93.1 g/mol. The van der Waals surface area contributed by atoms with Crippen LogP contribution in [0.25, 0.3) is 0 Å². The van der Waals surface area contributed by atoms with Gasteiger partial charge in [0.05, 0.1) is 7.11 Å². The first kappa shape index (κ1) is 4.78. The van der Waals surface area contributed by atoms with E-state index in [4.69, 9.17) is 4.21 Å². The van der Waals surface area contributed by atoms with Gasteiger partial charge in [-0.15, -0.1) is 0 Å². The Morgan fingerprint density at radius 2 is 2.60 bits per heavy atom. The highest BCUT2D eigenvalue weighted by Crippen LogP contribution is 1.54. The summed E-state index contributed by atoms with van der Waals surface area (Å²) in [5.41, 5.74) is 0. The van der Waals surface area contributed by atoms with E-state index in [2.05, 4.69) is 9.36 Å². The zero-order chi connectivity index (χ0) is 4.12. The third kappa shape index (κ3) is 3.78. The Morgan fingerprint density at radius 1 is 2.00 bits per heavy atom. The first-order valence-electron chi connectivity index (χ1n) is 0.940. The lowest BCUT2D eigenvalue weighted by atomic mass is 11.7. The van der Waals surface area contributed by atoms with Gasteiger partial charge >= 0.3 is 0 Å². The smallest absolute Gasteiger partial charge is 0.229 e. The van der Waals surface area contributed by atoms with Crippen molar-refractivity contribution in [2.75, 3.05) is 7.11 Å². The highest BCUT2D eigenvalue weighted by molar-refractivity contribution is 7.54. The van der Waals surface area contributed by atoms with Crippen molar-refractivity contribution in [1.29, 1.82) is 0 Å². The zero-order valence-electron chi connectivity index (χ0n) is 2.67. The fourth-order valence-corrected chi connectivity index (χ4v) is 0.0913. The lowest BCUT2D eigenvalue weighted by molar-refractivity contribution is 0.221. The van der Waals surface area contributed by atoms with Crippen LogP contribution in [-0.4, -0.2) is 11.3 Å². The summed E-state index contributed by atoms with van der Waals surface area (Å²) in [5.74, 6) is 0. The molecule has 0 aliphatic carbocycles. The third-order valence-electron chi connectivity index (χ3n) is 0.105. The molecule has 0 aromatic carbocycles. The molecule has 0 fully saturated rings. The fraction of sp³-hybridized carbons (Fsp3) is 1.00. The van der Waals surface area contributed by atoms with Crippen molar-refractivity contribution in [3.8, 4) is 0 Å². The van der Waals surface area contributed by atoms with Crippen molar-refractivity contribution in [2.24, 2.45) is 4.53 Å². The van der Waals surface area contributed by atoms with E-state index in [0.29, 0.717) is 0 Å². The summed E-state index contributed by atoms with van der Waals surface area (Å²) in [6.45, 7) is 0. The molecule has 0 N–H and O–H groups in total. The van der Waals surface area contributed by atoms with Gasteiger partial charge < -0.3 is 0 Å². The van der Waals surface area contributed by atoms with Crippen LogP contribution >= 0.6 is 0 Å². The SMILES string of the molecule is CON=S=O. The maximum atomic E-state index is 9.15. The van der Waals surface area contributed by atoms with Gasteiger partial charge in [-0.1, -0.05) is 0 Å². The maximum absolute atomic E-state index is 9.15. The average Bonchev–Trinajstić information content (AvgIpc) is 1.41. The number of nitrogens with zero attached hydrogens (tertiary/aromatic N) is 1. The molecule has 0 bridgehead atoms. The Kier molecular flexibility index (Phi) is 3.61. The van der Waals surface area contributed by atoms with Gasteiger partial charge in [0.1, 0.15) is 0 Å². The van der Waals surface area contributed by atoms with Gasteiger partial charge in [-0.25, -0.2) is 4.84 Å². The van der Waals surface area contributed by atoms with E-state index < -0.39 is 0 Å². The predicted octanol–water partition coefficient (Wildman–Crippen LogP) is -0.0556. The molecule has 0 heterocycles. The van der Waals surface area contributed by atoms with E-state index in [1.165, 1.54) is 7.11 Å². The predicted molar refractivity (Wildman–Crippen MR) is 17.6 cm³/mol. The molecule has 30 valence electrons. The van der Waals surface area contributed by atoms with E-state index in [0.717, 1.165) is 0 Å². The minimum atomic E-state index is 0.0544. The standard InChI is InChI=1S/CH3NO2S/c1-4-2-5-3/h1H3. The Bertz CT molecular complexity index is 56.7. The highest BCUT2D eigenvalue weighted by atomic mass is 32.1. The summed E-state index contributed by atoms with van der Waals surface area (Å²) in [6.07, 6.45) is 0. The van der Waals surface area contributed by atoms with Crippen molar-refractivity contribution in [3.63, 3.8) is 0 Å². The van der Waals surface area contributed by atoms with Gasteiger partial charge in [0.2, 0.25) is 11.5 Å². The van der Waals surface area contributed by atoms with Crippen LogP contribution in [0.5, 0.6) is 0 Å². The van der Waals surface area contributed by atoms with Crippen LogP contribution in [0.2, 0.25) is 0 Å². The minimum absolute atomic E-state index is 0.0544. The Morgan fingerprint density at radius 3 is 2.60 bits per heavy atom. The van der Waals surface area contributed by atoms with Crippen molar-refractivity contribution in [1.82, 2.24) is 0 Å². The Balaban J connectivity index is 2.93. The molecule has 0 amide bonds. The molecule has 0 atom stereocenters. The molecule has 0 radical (unpaired) electrons. The van der Waals surface area contributed by atoms with E-state index in [1.807, 2.05) is 0 Å². The molecular weight excluding hydrogens is 90.1 g/mol. The summed E-state index contributed by atoms with van der Waals surface area (Å²) < 4.78 is 12.0. The van der Waals surface area contributed by atoms with Crippen LogP contribution in [0.1, 0.15) is 0 Å². The lowest BCUT2D eigenvalue weighted by Crippen LogP contribution is -1.56. The third-order valence-corrected chi connectivity index (χ3v) is 0.315. The first-order chi connectivity index (χ1) is 2.41. The molecule has 0 aromatic heterocycles. The molecule has 0 unspecified atom stereocenters. The van der Waals surface area contributed by atoms with Gasteiger partial charge in [-0.3, -0.25) is 0 Å². The highest BCUT2D eigenvalue weighted by Gasteiger charge is 1.48. The molecule has 0 aliphatic heterocycles. The van der Waals surface area contributed by atoms with Crippen molar-refractivity contribution in [3.05, 3.63) is 0 Å². The number of hydrogen-bond acceptors (Lipinski definition) is 3. The molecule has 0 saturated heterocycles. The lowest BCUT2D eigenvalue weighted by Gasteiger charge is -1.63. The summed E-state index contributed by atoms with van der Waals surface area (Å²) in [6, 6.07) is 0. The van der Waals surface area contributed by atoms with Crippen molar-refractivity contribution in [2.45, 2.75) is 0 Å². The fourth-order valence-electron chi connectivity index (χ4n) is 0.0304. The molecule has 0 aromatic rings. The molecular formula is CH3NO2S. The summed E-state index contributed by atoms with van der Waals surface area (Å²) in [5, 5.41) is 0. The van der Waals surface area contributed by atoms with Crippen LogP contribution in [0.4, 0.5) is 0 Å². The molecule has 0 aliphatic rings. The van der Waals surface area contributed by atoms with Crippen molar-refractivity contribution >= 4 is 11.5 Å². The van der Waals surface area contributed by atoms with Gasteiger partial charge in [0.15, 0.2) is 0 Å². The van der Waals surface area contributed by atoms with Crippen LogP contribution in [0.15, 0.2) is 4.53 Å². The summed E-state index contributed by atoms with van der Waals surface area (Å²) in [7, 11) is 1.32. The number of rotatable bonds is 1. The summed E-state index contributed by atoms with van der Waals surface area (Å²) in [4.78, 5) is 3.97. The van der Waals surface area contributed by atoms with Gasteiger partial charge in [-0.05, 0) is 4.53 Å². The summed E-state index contributed by atoms with van der Waals surface area (Å²) >= 11 is 0.0544. The molecule has 5 heavy (non-hydrogen) atoms. The Hall–Kier alpha value is -0.220. The van der Waals surface area contributed by atoms with Crippen LogP contribution in [0, 0.1) is 0 Å². The number of hydrogen-bond donors (Lipinski definition) is 0. The second-order valence-electron chi connectivity index (χ2n) is 0.332. The zero-order valence-corrected chi connectivity index (χ0v) is 3.49. The Labute approximate surface area is 33.1 Å². The van der Waals surface area contributed by atoms with Crippen LogP contribution < -0.4 is 0 Å². The minimum Gasteiger partial charge on any atom is -0.243 e. The van der Waals surface area contributed by atoms with Crippen molar-refractivity contribution < 1.29 is 9.05 Å². The second kappa shape index (κ2) is 3.78.